The van der Waals surface area contributed by atoms with E-state index in [1.807, 2.05) is 31.2 Å². The molecule has 1 atom stereocenters. The molecular formula is C14H19NS. The van der Waals surface area contributed by atoms with Gasteiger partial charge in [0.25, 0.3) is 0 Å². The lowest BCUT2D eigenvalue weighted by molar-refractivity contribution is 0.671. The third-order valence-corrected chi connectivity index (χ3v) is 2.01. The topological polar surface area (TPSA) is 12.0 Å². The van der Waals surface area contributed by atoms with Gasteiger partial charge in [0.15, 0.2) is 0 Å². The van der Waals surface area contributed by atoms with E-state index in [2.05, 4.69) is 30.6 Å². The summed E-state index contributed by atoms with van der Waals surface area (Å²) in [5.74, 6) is 0. The molecule has 0 heterocycles. The van der Waals surface area contributed by atoms with Crippen molar-refractivity contribution < 1.29 is 0 Å². The minimum Gasteiger partial charge on any atom is -0.375 e. The normalized spacial score (nSPS) is 10.3. The Balaban J connectivity index is 0.000000673. The molecule has 0 fully saturated rings. The summed E-state index contributed by atoms with van der Waals surface area (Å²) in [5.41, 5.74) is 2.80. The molecular weight excluding hydrogens is 214 g/mol. The van der Waals surface area contributed by atoms with Gasteiger partial charge in [0.1, 0.15) is 0 Å². The summed E-state index contributed by atoms with van der Waals surface area (Å²) in [7, 11) is 0. The number of hydrogen-bond donors (Lipinski definition) is 1. The minimum atomic E-state index is 0.260. The SMILES string of the molecule is C=CC.C=CCC(NC=S)c1ccccc1. The third-order valence-electron chi connectivity index (χ3n) is 1.87. The number of hydrogen-bond acceptors (Lipinski definition) is 1. The molecule has 0 bridgehead atoms. The van der Waals surface area contributed by atoms with Gasteiger partial charge < -0.3 is 5.32 Å². The fourth-order valence-corrected chi connectivity index (χ4v) is 1.40. The molecule has 0 spiro atoms. The van der Waals surface area contributed by atoms with Crippen LogP contribution < -0.4 is 5.32 Å². The largest absolute Gasteiger partial charge is 0.375 e. The van der Waals surface area contributed by atoms with Crippen molar-refractivity contribution in [2.24, 2.45) is 0 Å². The molecule has 0 amide bonds. The number of benzene rings is 1. The average molecular weight is 233 g/mol. The van der Waals surface area contributed by atoms with Gasteiger partial charge in [-0.25, -0.2) is 0 Å². The van der Waals surface area contributed by atoms with Crippen LogP contribution in [0.15, 0.2) is 55.6 Å². The Morgan fingerprint density at radius 1 is 1.31 bits per heavy atom. The van der Waals surface area contributed by atoms with Gasteiger partial charge in [0, 0.05) is 0 Å². The van der Waals surface area contributed by atoms with Crippen LogP contribution in [0, 0.1) is 0 Å². The first-order chi connectivity index (χ1) is 7.79. The first-order valence-electron chi connectivity index (χ1n) is 5.22. The van der Waals surface area contributed by atoms with Crippen molar-refractivity contribution in [1.29, 1.82) is 0 Å². The molecule has 0 aliphatic rings. The van der Waals surface area contributed by atoms with Crippen LogP contribution in [0.4, 0.5) is 0 Å². The lowest BCUT2D eigenvalue weighted by Gasteiger charge is -2.14. The summed E-state index contributed by atoms with van der Waals surface area (Å²) < 4.78 is 0. The maximum atomic E-state index is 4.77. The fraction of sp³-hybridized carbons (Fsp3) is 0.214. The summed E-state index contributed by atoms with van der Waals surface area (Å²) in [5, 5.41) is 3.12. The maximum Gasteiger partial charge on any atom is 0.0619 e. The number of rotatable bonds is 5. The van der Waals surface area contributed by atoms with Gasteiger partial charge in [0.2, 0.25) is 0 Å². The Hall–Kier alpha value is -1.41. The molecule has 0 saturated carbocycles. The van der Waals surface area contributed by atoms with Crippen molar-refractivity contribution in [2.75, 3.05) is 0 Å². The zero-order chi connectivity index (χ0) is 12.2. The van der Waals surface area contributed by atoms with Crippen molar-refractivity contribution in [3.8, 4) is 0 Å². The standard InChI is InChI=1S/C11H13NS.C3H6/c1-2-6-11(12-9-13)10-7-4-3-5-8-10;1-3-2/h2-5,7-9,11H,1,6H2,(H,12,13);3H,1H2,2H3. The molecule has 86 valence electrons. The Morgan fingerprint density at radius 3 is 2.31 bits per heavy atom. The van der Waals surface area contributed by atoms with E-state index in [0.717, 1.165) is 6.42 Å². The molecule has 0 aliphatic heterocycles. The molecule has 1 aromatic rings. The van der Waals surface area contributed by atoms with Crippen LogP contribution in [0.5, 0.6) is 0 Å². The molecule has 1 nitrogen and oxygen atoms in total. The second-order valence-corrected chi connectivity index (χ2v) is 3.42. The van der Waals surface area contributed by atoms with Crippen molar-refractivity contribution in [3.63, 3.8) is 0 Å². The molecule has 0 aromatic heterocycles. The van der Waals surface area contributed by atoms with E-state index in [1.54, 1.807) is 11.6 Å². The van der Waals surface area contributed by atoms with E-state index in [4.69, 9.17) is 12.2 Å². The smallest absolute Gasteiger partial charge is 0.0619 e. The molecule has 0 aliphatic carbocycles. The van der Waals surface area contributed by atoms with E-state index in [9.17, 15) is 0 Å². The van der Waals surface area contributed by atoms with Gasteiger partial charge >= 0.3 is 0 Å². The first-order valence-corrected chi connectivity index (χ1v) is 5.69. The van der Waals surface area contributed by atoms with E-state index in [0.29, 0.717) is 0 Å². The maximum absolute atomic E-state index is 4.77. The Bertz CT molecular complexity index is 296. The van der Waals surface area contributed by atoms with Crippen LogP contribution in [0.1, 0.15) is 24.9 Å². The van der Waals surface area contributed by atoms with Crippen LogP contribution >= 0.6 is 12.2 Å². The summed E-state index contributed by atoms with van der Waals surface area (Å²) in [6, 6.07) is 10.5. The van der Waals surface area contributed by atoms with Crippen LogP contribution in [-0.2, 0) is 0 Å². The average Bonchev–Trinajstić information content (AvgIpc) is 2.31. The molecule has 1 unspecified atom stereocenters. The van der Waals surface area contributed by atoms with E-state index >= 15 is 0 Å². The van der Waals surface area contributed by atoms with Gasteiger partial charge in [-0.15, -0.1) is 13.2 Å². The molecule has 2 heteroatoms. The van der Waals surface area contributed by atoms with Crippen LogP contribution in [0.3, 0.4) is 0 Å². The second kappa shape index (κ2) is 10.1. The summed E-state index contributed by atoms with van der Waals surface area (Å²) in [6.45, 7) is 8.97. The van der Waals surface area contributed by atoms with E-state index < -0.39 is 0 Å². The third kappa shape index (κ3) is 6.14. The van der Waals surface area contributed by atoms with Crippen LogP contribution in [0.25, 0.3) is 0 Å². The van der Waals surface area contributed by atoms with Crippen molar-refractivity contribution in [1.82, 2.24) is 5.32 Å². The minimum absolute atomic E-state index is 0.260. The van der Waals surface area contributed by atoms with Gasteiger partial charge in [-0.05, 0) is 18.9 Å². The van der Waals surface area contributed by atoms with Crippen LogP contribution in [0.2, 0.25) is 0 Å². The molecule has 16 heavy (non-hydrogen) atoms. The highest BCUT2D eigenvalue weighted by atomic mass is 32.1. The predicted molar refractivity (Wildman–Crippen MR) is 76.7 cm³/mol. The zero-order valence-electron chi connectivity index (χ0n) is 9.73. The lowest BCUT2D eigenvalue weighted by atomic mass is 10.0. The van der Waals surface area contributed by atoms with Crippen LogP contribution in [-0.4, -0.2) is 5.49 Å². The quantitative estimate of drug-likeness (QED) is 0.608. The highest BCUT2D eigenvalue weighted by Crippen LogP contribution is 2.15. The lowest BCUT2D eigenvalue weighted by Crippen LogP contribution is -2.17. The van der Waals surface area contributed by atoms with Gasteiger partial charge in [0.05, 0.1) is 11.5 Å². The van der Waals surface area contributed by atoms with Gasteiger partial charge in [-0.2, -0.15) is 0 Å². The second-order valence-electron chi connectivity index (χ2n) is 3.18. The van der Waals surface area contributed by atoms with E-state index in [1.165, 1.54) is 5.56 Å². The summed E-state index contributed by atoms with van der Waals surface area (Å²) in [4.78, 5) is 0. The highest BCUT2D eigenvalue weighted by Gasteiger charge is 2.05. The monoisotopic (exact) mass is 233 g/mol. The number of nitrogens with one attached hydrogen (secondary N) is 1. The summed E-state index contributed by atoms with van der Waals surface area (Å²) in [6.07, 6.45) is 4.53. The van der Waals surface area contributed by atoms with Crippen molar-refractivity contribution >= 4 is 17.7 Å². The van der Waals surface area contributed by atoms with E-state index in [-0.39, 0.29) is 6.04 Å². The summed E-state index contributed by atoms with van der Waals surface area (Å²) >= 11 is 4.77. The predicted octanol–water partition coefficient (Wildman–Crippen LogP) is 4.04. The van der Waals surface area contributed by atoms with Gasteiger partial charge in [-0.3, -0.25) is 0 Å². The molecule has 1 aromatic carbocycles. The Morgan fingerprint density at radius 2 is 1.88 bits per heavy atom. The first kappa shape index (κ1) is 14.6. The van der Waals surface area contributed by atoms with Crippen molar-refractivity contribution in [2.45, 2.75) is 19.4 Å². The van der Waals surface area contributed by atoms with Crippen molar-refractivity contribution in [3.05, 3.63) is 61.2 Å². The zero-order valence-corrected chi connectivity index (χ0v) is 10.5. The molecule has 0 saturated heterocycles. The molecule has 0 radical (unpaired) electrons. The Labute approximate surface area is 104 Å². The number of allylic oxidation sites excluding steroid dienone is 1. The Kier molecular flexibility index (Phi) is 9.23. The molecule has 1 N–H and O–H groups in total. The molecule has 1 rings (SSSR count). The highest BCUT2D eigenvalue weighted by molar-refractivity contribution is 7.78. The van der Waals surface area contributed by atoms with Gasteiger partial charge in [-0.1, -0.05) is 54.7 Å². The number of thiocarbonyl (C=S) groups is 1. The fourth-order valence-electron chi connectivity index (χ4n) is 1.23.